The fraction of sp³-hybridized carbons (Fsp3) is 0.222. The first-order chi connectivity index (χ1) is 11.6. The number of aryl methyl sites for hydroxylation is 3. The molecular formula is C18H19N5O. The zero-order valence-corrected chi connectivity index (χ0v) is 13.9. The molecule has 0 saturated heterocycles. The molecule has 0 aliphatic carbocycles. The standard InChI is InChI=1S/C18H19N5O/c1-12-15(11-19-13(2)21-12)18(24)22-17(14-7-5-4-6-8-14)16-9-10-20-23(16)3/h4-11,17H,1-3H3,(H,22,24)/t17-/m1/s1. The SMILES string of the molecule is Cc1ncc(C(=O)N[C@H](c2ccccc2)c2ccnn2C)c(C)n1. The maximum atomic E-state index is 12.7. The Morgan fingerprint density at radius 3 is 2.54 bits per heavy atom. The van der Waals surface area contributed by atoms with E-state index in [0.29, 0.717) is 17.1 Å². The molecule has 122 valence electrons. The van der Waals surface area contributed by atoms with Crippen molar-refractivity contribution in [3.8, 4) is 0 Å². The van der Waals surface area contributed by atoms with Gasteiger partial charge in [0.15, 0.2) is 0 Å². The highest BCUT2D eigenvalue weighted by molar-refractivity contribution is 5.95. The Bertz CT molecular complexity index is 857. The smallest absolute Gasteiger partial charge is 0.255 e. The molecule has 3 rings (SSSR count). The molecule has 1 atom stereocenters. The normalized spacial score (nSPS) is 12.0. The molecule has 0 saturated carbocycles. The summed E-state index contributed by atoms with van der Waals surface area (Å²) in [6.07, 6.45) is 3.29. The molecule has 0 unspecified atom stereocenters. The lowest BCUT2D eigenvalue weighted by atomic mass is 10.0. The summed E-state index contributed by atoms with van der Waals surface area (Å²) in [7, 11) is 1.86. The maximum absolute atomic E-state index is 12.7. The molecule has 2 heterocycles. The molecule has 1 N–H and O–H groups in total. The highest BCUT2D eigenvalue weighted by atomic mass is 16.1. The van der Waals surface area contributed by atoms with E-state index in [1.807, 2.05) is 50.4 Å². The number of benzene rings is 1. The minimum Gasteiger partial charge on any atom is -0.339 e. The molecule has 0 radical (unpaired) electrons. The van der Waals surface area contributed by atoms with E-state index in [1.54, 1.807) is 24.0 Å². The first-order valence-corrected chi connectivity index (χ1v) is 7.70. The van der Waals surface area contributed by atoms with Crippen molar-refractivity contribution in [1.82, 2.24) is 25.1 Å². The zero-order chi connectivity index (χ0) is 17.1. The van der Waals surface area contributed by atoms with E-state index in [0.717, 1.165) is 11.3 Å². The Morgan fingerprint density at radius 2 is 1.92 bits per heavy atom. The quantitative estimate of drug-likeness (QED) is 0.800. The van der Waals surface area contributed by atoms with Crippen LogP contribution in [0, 0.1) is 13.8 Å². The molecule has 0 aliphatic rings. The number of nitrogens with one attached hydrogen (secondary N) is 1. The van der Waals surface area contributed by atoms with E-state index >= 15 is 0 Å². The van der Waals surface area contributed by atoms with Gasteiger partial charge in [0.2, 0.25) is 0 Å². The van der Waals surface area contributed by atoms with Crippen molar-refractivity contribution in [2.24, 2.45) is 7.05 Å². The van der Waals surface area contributed by atoms with Crippen molar-refractivity contribution < 1.29 is 4.79 Å². The lowest BCUT2D eigenvalue weighted by Crippen LogP contribution is -2.31. The highest BCUT2D eigenvalue weighted by Gasteiger charge is 2.21. The molecular weight excluding hydrogens is 302 g/mol. The van der Waals surface area contributed by atoms with Gasteiger partial charge in [0.25, 0.3) is 5.91 Å². The van der Waals surface area contributed by atoms with Crippen LogP contribution in [0.4, 0.5) is 0 Å². The van der Waals surface area contributed by atoms with Crippen molar-refractivity contribution in [2.45, 2.75) is 19.9 Å². The van der Waals surface area contributed by atoms with E-state index < -0.39 is 0 Å². The first-order valence-electron chi connectivity index (χ1n) is 7.70. The minimum atomic E-state index is -0.299. The van der Waals surface area contributed by atoms with Crippen molar-refractivity contribution in [3.63, 3.8) is 0 Å². The van der Waals surface area contributed by atoms with Crippen molar-refractivity contribution >= 4 is 5.91 Å². The second-order valence-corrected chi connectivity index (χ2v) is 5.61. The Hall–Kier alpha value is -3.02. The minimum absolute atomic E-state index is 0.206. The van der Waals surface area contributed by atoms with Gasteiger partial charge in [-0.15, -0.1) is 0 Å². The number of nitrogens with zero attached hydrogens (tertiary/aromatic N) is 4. The molecule has 6 heteroatoms. The average Bonchev–Trinajstić information content (AvgIpc) is 2.99. The van der Waals surface area contributed by atoms with Crippen LogP contribution >= 0.6 is 0 Å². The van der Waals surface area contributed by atoms with Gasteiger partial charge < -0.3 is 5.32 Å². The fourth-order valence-electron chi connectivity index (χ4n) is 2.66. The monoisotopic (exact) mass is 321 g/mol. The summed E-state index contributed by atoms with van der Waals surface area (Å²) in [5.41, 5.74) is 3.03. The molecule has 24 heavy (non-hydrogen) atoms. The van der Waals surface area contributed by atoms with Gasteiger partial charge in [-0.25, -0.2) is 9.97 Å². The molecule has 0 aliphatic heterocycles. The fourth-order valence-corrected chi connectivity index (χ4v) is 2.66. The van der Waals surface area contributed by atoms with Crippen LogP contribution in [-0.4, -0.2) is 25.7 Å². The van der Waals surface area contributed by atoms with Crippen LogP contribution in [0.2, 0.25) is 0 Å². The van der Waals surface area contributed by atoms with Crippen molar-refractivity contribution in [2.75, 3.05) is 0 Å². The van der Waals surface area contributed by atoms with Crippen LogP contribution in [0.1, 0.15) is 39.2 Å². The van der Waals surface area contributed by atoms with Gasteiger partial charge in [0.05, 0.1) is 23.0 Å². The van der Waals surface area contributed by atoms with Crippen molar-refractivity contribution in [3.05, 3.63) is 77.1 Å². The number of rotatable bonds is 4. The largest absolute Gasteiger partial charge is 0.339 e. The third kappa shape index (κ3) is 3.17. The summed E-state index contributed by atoms with van der Waals surface area (Å²) < 4.78 is 1.76. The summed E-state index contributed by atoms with van der Waals surface area (Å²) in [5.74, 6) is 0.442. The van der Waals surface area contributed by atoms with Gasteiger partial charge in [-0.3, -0.25) is 9.48 Å². The van der Waals surface area contributed by atoms with Crippen LogP contribution in [0.5, 0.6) is 0 Å². The maximum Gasteiger partial charge on any atom is 0.255 e. The van der Waals surface area contributed by atoms with Gasteiger partial charge in [0, 0.05) is 19.4 Å². The zero-order valence-electron chi connectivity index (χ0n) is 13.9. The molecule has 2 aromatic heterocycles. The highest BCUT2D eigenvalue weighted by Crippen LogP contribution is 2.22. The number of carbonyl (C=O) groups excluding carboxylic acids is 1. The van der Waals surface area contributed by atoms with Crippen LogP contribution in [-0.2, 0) is 7.05 Å². The molecule has 6 nitrogen and oxygen atoms in total. The molecule has 3 aromatic rings. The van der Waals surface area contributed by atoms with Gasteiger partial charge in [0.1, 0.15) is 5.82 Å². The topological polar surface area (TPSA) is 72.7 Å². The Kier molecular flexibility index (Phi) is 4.37. The number of hydrogen-bond acceptors (Lipinski definition) is 4. The summed E-state index contributed by atoms with van der Waals surface area (Å²) >= 11 is 0. The Morgan fingerprint density at radius 1 is 1.17 bits per heavy atom. The van der Waals surface area contributed by atoms with Crippen LogP contribution in [0.3, 0.4) is 0 Å². The van der Waals surface area contributed by atoms with Crippen LogP contribution in [0.15, 0.2) is 48.8 Å². The Labute approximate surface area is 140 Å². The molecule has 0 fully saturated rings. The number of aromatic nitrogens is 4. The van der Waals surface area contributed by atoms with E-state index in [1.165, 1.54) is 0 Å². The number of carbonyl (C=O) groups is 1. The second-order valence-electron chi connectivity index (χ2n) is 5.61. The van der Waals surface area contributed by atoms with Gasteiger partial charge in [-0.2, -0.15) is 5.10 Å². The van der Waals surface area contributed by atoms with Crippen LogP contribution < -0.4 is 5.32 Å². The third-order valence-corrected chi connectivity index (χ3v) is 3.91. The molecule has 1 amide bonds. The van der Waals surface area contributed by atoms with E-state index in [4.69, 9.17) is 0 Å². The van der Waals surface area contributed by atoms with Gasteiger partial charge in [-0.05, 0) is 25.5 Å². The first kappa shape index (κ1) is 15.9. The number of amides is 1. The summed E-state index contributed by atoms with van der Waals surface area (Å²) in [4.78, 5) is 21.1. The van der Waals surface area contributed by atoms with Gasteiger partial charge >= 0.3 is 0 Å². The molecule has 0 spiro atoms. The Balaban J connectivity index is 1.95. The lowest BCUT2D eigenvalue weighted by molar-refractivity contribution is 0.0940. The van der Waals surface area contributed by atoms with Crippen LogP contribution in [0.25, 0.3) is 0 Å². The summed E-state index contributed by atoms with van der Waals surface area (Å²) in [6.45, 7) is 3.61. The van der Waals surface area contributed by atoms with E-state index in [2.05, 4.69) is 20.4 Å². The number of hydrogen-bond donors (Lipinski definition) is 1. The van der Waals surface area contributed by atoms with E-state index in [-0.39, 0.29) is 11.9 Å². The third-order valence-electron chi connectivity index (χ3n) is 3.91. The lowest BCUT2D eigenvalue weighted by Gasteiger charge is -2.20. The predicted octanol–water partition coefficient (Wildman–Crippen LogP) is 2.35. The van der Waals surface area contributed by atoms with Gasteiger partial charge in [-0.1, -0.05) is 30.3 Å². The second kappa shape index (κ2) is 6.62. The van der Waals surface area contributed by atoms with E-state index in [9.17, 15) is 4.79 Å². The molecule has 1 aromatic carbocycles. The molecule has 0 bridgehead atoms. The summed E-state index contributed by atoms with van der Waals surface area (Å²) in [5, 5.41) is 7.29. The predicted molar refractivity (Wildman–Crippen MR) is 90.5 cm³/mol. The van der Waals surface area contributed by atoms with Crippen molar-refractivity contribution in [1.29, 1.82) is 0 Å². The summed E-state index contributed by atoms with van der Waals surface area (Å²) in [6, 6.07) is 11.4. The average molecular weight is 321 g/mol.